The number of hydrogen-bond acceptors (Lipinski definition) is 3. The third-order valence-electron chi connectivity index (χ3n) is 4.79. The van der Waals surface area contributed by atoms with Crippen LogP contribution in [-0.2, 0) is 16.0 Å². The van der Waals surface area contributed by atoms with Crippen molar-refractivity contribution < 1.29 is 23.1 Å². The fraction of sp³-hybridized carbons (Fsp3) is 0.375. The Morgan fingerprint density at radius 1 is 1.06 bits per heavy atom. The minimum atomic E-state index is -0.940. The molecule has 0 radical (unpaired) electrons. The smallest absolute Gasteiger partial charge is 0.434 e. The molecule has 0 spiro atoms. The zero-order valence-electron chi connectivity index (χ0n) is 18.1. The van der Waals surface area contributed by atoms with E-state index in [-0.39, 0.29) is 17.7 Å². The molecule has 0 aliphatic heterocycles. The topological polar surface area (TPSA) is 59.0 Å². The van der Waals surface area contributed by atoms with Gasteiger partial charge in [0.05, 0.1) is 0 Å². The third kappa shape index (κ3) is 6.44. The number of halogens is 2. The van der Waals surface area contributed by atoms with Crippen molar-refractivity contribution in [2.24, 2.45) is 4.99 Å². The van der Waals surface area contributed by atoms with E-state index in [0.717, 1.165) is 18.2 Å². The summed E-state index contributed by atoms with van der Waals surface area (Å²) in [5.74, 6) is -1.52. The number of carbonyl (C=O) groups excluding carboxylic acids is 2. The van der Waals surface area contributed by atoms with Gasteiger partial charge < -0.3 is 9.64 Å². The second-order valence-electron chi connectivity index (χ2n) is 8.72. The Morgan fingerprint density at radius 2 is 1.65 bits per heavy atom. The monoisotopic (exact) mass is 428 g/mol. The fourth-order valence-electron chi connectivity index (χ4n) is 3.16. The van der Waals surface area contributed by atoms with Gasteiger partial charge >= 0.3 is 6.09 Å². The van der Waals surface area contributed by atoms with Gasteiger partial charge in [-0.05, 0) is 74.9 Å². The van der Waals surface area contributed by atoms with Crippen molar-refractivity contribution in [2.75, 3.05) is 11.9 Å². The van der Waals surface area contributed by atoms with Gasteiger partial charge in [-0.1, -0.05) is 12.1 Å². The van der Waals surface area contributed by atoms with Crippen molar-refractivity contribution in [3.05, 3.63) is 65.2 Å². The first kappa shape index (κ1) is 22.6. The molecule has 1 saturated carbocycles. The Hall–Kier alpha value is -3.09. The molecule has 2 amide bonds. The molecule has 3 rings (SSSR count). The minimum Gasteiger partial charge on any atom is -0.442 e. The Morgan fingerprint density at radius 3 is 2.16 bits per heavy atom. The maximum absolute atomic E-state index is 13.6. The van der Waals surface area contributed by atoms with Gasteiger partial charge in [0.25, 0.3) is 5.91 Å². The summed E-state index contributed by atoms with van der Waals surface area (Å²) < 4.78 is 32.5. The van der Waals surface area contributed by atoms with Crippen molar-refractivity contribution in [3.8, 4) is 0 Å². The van der Waals surface area contributed by atoms with Crippen LogP contribution >= 0.6 is 0 Å². The number of nitrogens with zero attached hydrogens (tertiary/aromatic N) is 2. The molecular formula is C24H26F2N2O3. The largest absolute Gasteiger partial charge is 0.442 e. The highest BCUT2D eigenvalue weighted by atomic mass is 19.1. The summed E-state index contributed by atoms with van der Waals surface area (Å²) >= 11 is 0. The second kappa shape index (κ2) is 8.96. The Kier molecular flexibility index (Phi) is 6.53. The average Bonchev–Trinajstić information content (AvgIpc) is 3.49. The van der Waals surface area contributed by atoms with Crippen molar-refractivity contribution in [3.63, 3.8) is 0 Å². The summed E-state index contributed by atoms with van der Waals surface area (Å²) in [4.78, 5) is 30.6. The van der Waals surface area contributed by atoms with Crippen molar-refractivity contribution in [1.29, 1.82) is 0 Å². The fourth-order valence-corrected chi connectivity index (χ4v) is 3.16. The summed E-state index contributed by atoms with van der Waals surface area (Å²) in [5, 5.41) is 0. The zero-order valence-corrected chi connectivity index (χ0v) is 18.1. The van der Waals surface area contributed by atoms with Crippen LogP contribution in [0.25, 0.3) is 0 Å². The molecule has 0 atom stereocenters. The van der Waals surface area contributed by atoms with Crippen LogP contribution in [0.1, 0.15) is 50.7 Å². The molecule has 5 nitrogen and oxygen atoms in total. The normalized spacial score (nSPS) is 14.3. The maximum Gasteiger partial charge on any atom is 0.434 e. The first-order valence-electron chi connectivity index (χ1n) is 10.2. The summed E-state index contributed by atoms with van der Waals surface area (Å²) in [6, 6.07) is 10.6. The summed E-state index contributed by atoms with van der Waals surface area (Å²) in [5.41, 5.74) is 1.06. The van der Waals surface area contributed by atoms with Crippen LogP contribution in [0.15, 0.2) is 47.5 Å². The molecule has 1 fully saturated rings. The molecule has 1 aliphatic rings. The average molecular weight is 428 g/mol. The number of ether oxygens (including phenoxy) is 1. The van der Waals surface area contributed by atoms with Crippen LogP contribution in [0.4, 0.5) is 19.3 Å². The lowest BCUT2D eigenvalue weighted by atomic mass is 10.1. The van der Waals surface area contributed by atoms with Gasteiger partial charge in [0.15, 0.2) is 0 Å². The molecule has 0 bridgehead atoms. The van der Waals surface area contributed by atoms with E-state index < -0.39 is 29.2 Å². The Labute approximate surface area is 180 Å². The summed E-state index contributed by atoms with van der Waals surface area (Å²) in [7, 11) is 1.56. The van der Waals surface area contributed by atoms with E-state index in [4.69, 9.17) is 4.74 Å². The van der Waals surface area contributed by atoms with E-state index in [9.17, 15) is 18.4 Å². The SMILES string of the molecule is CN(C(=O)/C(Cc1cc(F)cc(F)c1)=N/C(=O)OC(C)(C)C)c1ccc(C2CC2)cc1. The van der Waals surface area contributed by atoms with Crippen molar-refractivity contribution in [2.45, 2.75) is 51.6 Å². The lowest BCUT2D eigenvalue weighted by Gasteiger charge is -2.20. The number of anilines is 1. The number of aliphatic imine (C=N–C) groups is 1. The highest BCUT2D eigenvalue weighted by Gasteiger charge is 2.25. The predicted molar refractivity (Wildman–Crippen MR) is 116 cm³/mol. The molecule has 7 heteroatoms. The molecule has 0 saturated heterocycles. The number of amides is 2. The van der Waals surface area contributed by atoms with Gasteiger partial charge in [-0.25, -0.2) is 13.6 Å². The lowest BCUT2D eigenvalue weighted by Crippen LogP contribution is -2.35. The molecule has 2 aromatic carbocycles. The minimum absolute atomic E-state index is 0.173. The highest BCUT2D eigenvalue weighted by Crippen LogP contribution is 2.40. The van der Waals surface area contributed by atoms with E-state index in [1.165, 1.54) is 23.3 Å². The predicted octanol–water partition coefficient (Wildman–Crippen LogP) is 5.42. The summed E-state index contributed by atoms with van der Waals surface area (Å²) in [6.45, 7) is 5.03. The Balaban J connectivity index is 1.87. The van der Waals surface area contributed by atoms with E-state index in [1.807, 2.05) is 24.3 Å². The van der Waals surface area contributed by atoms with Crippen LogP contribution in [0.5, 0.6) is 0 Å². The van der Waals surface area contributed by atoms with E-state index >= 15 is 0 Å². The van der Waals surface area contributed by atoms with Crippen molar-refractivity contribution >= 4 is 23.4 Å². The molecule has 2 aromatic rings. The van der Waals surface area contributed by atoms with E-state index in [0.29, 0.717) is 11.6 Å². The number of benzene rings is 2. The molecule has 0 unspecified atom stereocenters. The molecule has 0 N–H and O–H groups in total. The standard InChI is InChI=1S/C24H26F2N2O3/c1-24(2,3)31-23(30)27-21(13-15-11-18(25)14-19(26)12-15)22(29)28(4)20-9-7-17(8-10-20)16-5-6-16/h7-12,14,16H,5-6,13H2,1-4H3/b27-21+. The zero-order chi connectivity index (χ0) is 22.8. The van der Waals surface area contributed by atoms with Crippen LogP contribution < -0.4 is 4.90 Å². The van der Waals surface area contributed by atoms with Gasteiger partial charge in [0, 0.05) is 25.2 Å². The van der Waals surface area contributed by atoms with E-state index in [1.54, 1.807) is 27.8 Å². The first-order chi connectivity index (χ1) is 14.5. The van der Waals surface area contributed by atoms with E-state index in [2.05, 4.69) is 4.99 Å². The molecular weight excluding hydrogens is 402 g/mol. The number of rotatable bonds is 5. The highest BCUT2D eigenvalue weighted by molar-refractivity contribution is 6.45. The van der Waals surface area contributed by atoms with Crippen LogP contribution in [0.3, 0.4) is 0 Å². The molecule has 0 aromatic heterocycles. The Bertz CT molecular complexity index is 986. The van der Waals surface area contributed by atoms with Gasteiger partial charge in [-0.3, -0.25) is 4.79 Å². The second-order valence-corrected chi connectivity index (χ2v) is 8.72. The molecule has 164 valence electrons. The molecule has 1 aliphatic carbocycles. The quantitative estimate of drug-likeness (QED) is 0.597. The van der Waals surface area contributed by atoms with Gasteiger partial charge in [0.1, 0.15) is 22.9 Å². The first-order valence-corrected chi connectivity index (χ1v) is 10.2. The lowest BCUT2D eigenvalue weighted by molar-refractivity contribution is -0.112. The van der Waals surface area contributed by atoms with Gasteiger partial charge in [0.2, 0.25) is 0 Å². The number of carbonyl (C=O) groups is 2. The van der Waals surface area contributed by atoms with Crippen LogP contribution in [0, 0.1) is 11.6 Å². The van der Waals surface area contributed by atoms with Crippen LogP contribution in [-0.4, -0.2) is 30.4 Å². The van der Waals surface area contributed by atoms with Gasteiger partial charge in [-0.2, -0.15) is 4.99 Å². The molecule has 31 heavy (non-hydrogen) atoms. The van der Waals surface area contributed by atoms with Crippen LogP contribution in [0.2, 0.25) is 0 Å². The number of hydrogen-bond donors (Lipinski definition) is 0. The third-order valence-corrected chi connectivity index (χ3v) is 4.79. The van der Waals surface area contributed by atoms with Gasteiger partial charge in [-0.15, -0.1) is 0 Å². The maximum atomic E-state index is 13.6. The molecule has 0 heterocycles. The summed E-state index contributed by atoms with van der Waals surface area (Å²) in [6.07, 6.45) is 1.18. The van der Waals surface area contributed by atoms with Crippen molar-refractivity contribution in [1.82, 2.24) is 0 Å².